The number of hydrogen-bond acceptors (Lipinski definition) is 4. The number of hydrogen-bond donors (Lipinski definition) is 1. The van der Waals surface area contributed by atoms with E-state index in [1.54, 1.807) is 4.90 Å². The molecule has 1 unspecified atom stereocenters. The van der Waals surface area contributed by atoms with E-state index in [0.717, 1.165) is 10.2 Å². The van der Waals surface area contributed by atoms with Crippen LogP contribution in [0.3, 0.4) is 0 Å². The molecule has 1 heterocycles. The first kappa shape index (κ1) is 19.4. The average molecular weight is 452 g/mol. The zero-order valence-electron chi connectivity index (χ0n) is 14.4. The molecule has 0 aromatic heterocycles. The molecule has 1 fully saturated rings. The van der Waals surface area contributed by atoms with E-state index in [1.807, 2.05) is 24.3 Å². The Labute approximate surface area is 169 Å². The molecule has 0 saturated carbocycles. The Morgan fingerprint density at radius 3 is 2.70 bits per heavy atom. The first-order valence-corrected chi connectivity index (χ1v) is 9.31. The highest BCUT2D eigenvalue weighted by Gasteiger charge is 2.36. The first-order chi connectivity index (χ1) is 12.9. The fraction of sp³-hybridized carbons (Fsp3) is 0.211. The molecule has 3 rings (SSSR count). The first-order valence-electron chi connectivity index (χ1n) is 8.14. The second-order valence-corrected chi connectivity index (χ2v) is 7.29. The van der Waals surface area contributed by atoms with Crippen LogP contribution in [0, 0.1) is 5.92 Å². The molecule has 1 atom stereocenters. The summed E-state index contributed by atoms with van der Waals surface area (Å²) in [5, 5.41) is 3.00. The number of para-hydroxylation sites is 1. The van der Waals surface area contributed by atoms with E-state index in [-0.39, 0.29) is 30.3 Å². The summed E-state index contributed by atoms with van der Waals surface area (Å²) >= 11 is 9.55. The van der Waals surface area contributed by atoms with Crippen molar-refractivity contribution in [2.45, 2.75) is 6.42 Å². The SMILES string of the molecule is COC(=O)c1ccc(Cl)c(NC(=O)C2CC(=O)N(c3ccccc3Br)C2)c1. The molecule has 0 radical (unpaired) electrons. The van der Waals surface area contributed by atoms with Crippen molar-refractivity contribution in [3.05, 3.63) is 57.5 Å². The van der Waals surface area contributed by atoms with E-state index in [0.29, 0.717) is 10.7 Å². The number of halogens is 2. The minimum Gasteiger partial charge on any atom is -0.465 e. The van der Waals surface area contributed by atoms with Gasteiger partial charge in [0.25, 0.3) is 0 Å². The van der Waals surface area contributed by atoms with Crippen molar-refractivity contribution < 1.29 is 19.1 Å². The minimum absolute atomic E-state index is 0.0987. The van der Waals surface area contributed by atoms with Gasteiger partial charge in [0.15, 0.2) is 0 Å². The van der Waals surface area contributed by atoms with Crippen LogP contribution in [0.1, 0.15) is 16.8 Å². The summed E-state index contributed by atoms with van der Waals surface area (Å²) in [7, 11) is 1.27. The second kappa shape index (κ2) is 8.10. The molecule has 0 aliphatic carbocycles. The predicted octanol–water partition coefficient (Wildman–Crippen LogP) is 3.88. The molecule has 1 aliphatic rings. The average Bonchev–Trinajstić information content (AvgIpc) is 3.05. The van der Waals surface area contributed by atoms with Crippen molar-refractivity contribution in [2.24, 2.45) is 5.92 Å². The largest absolute Gasteiger partial charge is 0.465 e. The summed E-state index contributed by atoms with van der Waals surface area (Å²) in [6.07, 6.45) is 0.0987. The van der Waals surface area contributed by atoms with Gasteiger partial charge in [-0.3, -0.25) is 9.59 Å². The normalized spacial score (nSPS) is 16.3. The van der Waals surface area contributed by atoms with Gasteiger partial charge in [0.1, 0.15) is 0 Å². The van der Waals surface area contributed by atoms with Crippen molar-refractivity contribution in [1.29, 1.82) is 0 Å². The summed E-state index contributed by atoms with van der Waals surface area (Å²) in [4.78, 5) is 38.3. The Hall–Kier alpha value is -2.38. The van der Waals surface area contributed by atoms with Gasteiger partial charge >= 0.3 is 5.97 Å². The monoisotopic (exact) mass is 450 g/mol. The Kier molecular flexibility index (Phi) is 5.82. The molecule has 1 N–H and O–H groups in total. The van der Waals surface area contributed by atoms with Gasteiger partial charge in [-0.05, 0) is 46.3 Å². The molecular weight excluding hydrogens is 436 g/mol. The lowest BCUT2D eigenvalue weighted by molar-refractivity contribution is -0.122. The van der Waals surface area contributed by atoms with Crippen LogP contribution in [0.25, 0.3) is 0 Å². The second-order valence-electron chi connectivity index (χ2n) is 6.03. The topological polar surface area (TPSA) is 75.7 Å². The molecule has 0 bridgehead atoms. The molecule has 8 heteroatoms. The maximum atomic E-state index is 12.6. The third-order valence-corrected chi connectivity index (χ3v) is 5.28. The molecule has 1 saturated heterocycles. The van der Waals surface area contributed by atoms with Crippen LogP contribution in [0.5, 0.6) is 0 Å². The van der Waals surface area contributed by atoms with Crippen LogP contribution in [0.4, 0.5) is 11.4 Å². The smallest absolute Gasteiger partial charge is 0.337 e. The standard InChI is InChI=1S/C19H16BrClN2O4/c1-27-19(26)11-6-7-14(21)15(8-11)22-18(25)12-9-17(24)23(10-12)16-5-3-2-4-13(16)20/h2-8,12H,9-10H2,1H3,(H,22,25). The van der Waals surface area contributed by atoms with Crippen molar-refractivity contribution in [1.82, 2.24) is 0 Å². The highest BCUT2D eigenvalue weighted by Crippen LogP contribution is 2.32. The van der Waals surface area contributed by atoms with Gasteiger partial charge in [0, 0.05) is 17.4 Å². The van der Waals surface area contributed by atoms with Crippen LogP contribution < -0.4 is 10.2 Å². The highest BCUT2D eigenvalue weighted by atomic mass is 79.9. The van der Waals surface area contributed by atoms with Crippen molar-refractivity contribution in [2.75, 3.05) is 23.9 Å². The Morgan fingerprint density at radius 1 is 1.26 bits per heavy atom. The third-order valence-electron chi connectivity index (χ3n) is 4.28. The van der Waals surface area contributed by atoms with Crippen LogP contribution in [-0.2, 0) is 14.3 Å². The van der Waals surface area contributed by atoms with Crippen LogP contribution in [-0.4, -0.2) is 31.4 Å². The van der Waals surface area contributed by atoms with Gasteiger partial charge in [0.2, 0.25) is 11.8 Å². The van der Waals surface area contributed by atoms with Gasteiger partial charge in [-0.1, -0.05) is 23.7 Å². The van der Waals surface area contributed by atoms with Crippen LogP contribution >= 0.6 is 27.5 Å². The zero-order valence-corrected chi connectivity index (χ0v) is 16.7. The van der Waals surface area contributed by atoms with E-state index >= 15 is 0 Å². The summed E-state index contributed by atoms with van der Waals surface area (Å²) in [5.41, 5.74) is 1.30. The lowest BCUT2D eigenvalue weighted by atomic mass is 10.1. The number of carbonyl (C=O) groups excluding carboxylic acids is 3. The number of benzene rings is 2. The quantitative estimate of drug-likeness (QED) is 0.716. The molecule has 2 aromatic rings. The maximum Gasteiger partial charge on any atom is 0.337 e. The molecule has 6 nitrogen and oxygen atoms in total. The van der Waals surface area contributed by atoms with Gasteiger partial charge in [-0.25, -0.2) is 4.79 Å². The Balaban J connectivity index is 1.75. The zero-order chi connectivity index (χ0) is 19.6. The summed E-state index contributed by atoms with van der Waals surface area (Å²) in [5.74, 6) is -1.51. The summed E-state index contributed by atoms with van der Waals surface area (Å²) < 4.78 is 5.46. The molecule has 2 aromatic carbocycles. The summed E-state index contributed by atoms with van der Waals surface area (Å²) in [6.45, 7) is 0.265. The van der Waals surface area contributed by atoms with Crippen molar-refractivity contribution in [3.63, 3.8) is 0 Å². The number of anilines is 2. The van der Waals surface area contributed by atoms with E-state index in [2.05, 4.69) is 26.0 Å². The lowest BCUT2D eigenvalue weighted by Crippen LogP contribution is -2.28. The van der Waals surface area contributed by atoms with Gasteiger partial charge < -0.3 is 15.0 Å². The van der Waals surface area contributed by atoms with Gasteiger partial charge in [-0.15, -0.1) is 0 Å². The minimum atomic E-state index is -0.529. The summed E-state index contributed by atoms with van der Waals surface area (Å²) in [6, 6.07) is 11.8. The molecular formula is C19H16BrClN2O4. The van der Waals surface area contributed by atoms with Crippen molar-refractivity contribution >= 4 is 56.7 Å². The van der Waals surface area contributed by atoms with E-state index in [4.69, 9.17) is 11.6 Å². The molecule has 1 aliphatic heterocycles. The number of esters is 1. The number of rotatable bonds is 4. The van der Waals surface area contributed by atoms with E-state index < -0.39 is 11.9 Å². The number of methoxy groups -OCH3 is 1. The molecule has 0 spiro atoms. The lowest BCUT2D eigenvalue weighted by Gasteiger charge is -2.18. The number of nitrogens with one attached hydrogen (secondary N) is 1. The number of ether oxygens (including phenoxy) is 1. The fourth-order valence-electron chi connectivity index (χ4n) is 2.89. The molecule has 2 amide bonds. The van der Waals surface area contributed by atoms with E-state index in [1.165, 1.54) is 25.3 Å². The van der Waals surface area contributed by atoms with Crippen LogP contribution in [0.2, 0.25) is 5.02 Å². The highest BCUT2D eigenvalue weighted by molar-refractivity contribution is 9.10. The Bertz CT molecular complexity index is 918. The third kappa shape index (κ3) is 4.14. The van der Waals surface area contributed by atoms with Crippen LogP contribution in [0.15, 0.2) is 46.9 Å². The number of nitrogens with zero attached hydrogens (tertiary/aromatic N) is 1. The van der Waals surface area contributed by atoms with Gasteiger partial charge in [-0.2, -0.15) is 0 Å². The molecule has 140 valence electrons. The maximum absolute atomic E-state index is 12.6. The Morgan fingerprint density at radius 2 is 2.00 bits per heavy atom. The number of carbonyl (C=O) groups is 3. The number of amides is 2. The molecule has 27 heavy (non-hydrogen) atoms. The van der Waals surface area contributed by atoms with Crippen molar-refractivity contribution in [3.8, 4) is 0 Å². The van der Waals surface area contributed by atoms with Gasteiger partial charge in [0.05, 0.1) is 35.0 Å². The predicted molar refractivity (Wildman–Crippen MR) is 106 cm³/mol. The van der Waals surface area contributed by atoms with E-state index in [9.17, 15) is 14.4 Å². The fourth-order valence-corrected chi connectivity index (χ4v) is 3.55.